The maximum absolute atomic E-state index is 13.1. The number of hydrogen-bond acceptors (Lipinski definition) is 5. The lowest BCUT2D eigenvalue weighted by atomic mass is 9.93. The van der Waals surface area contributed by atoms with Crippen LogP contribution in [0.25, 0.3) is 0 Å². The van der Waals surface area contributed by atoms with Gasteiger partial charge in [0.1, 0.15) is 11.8 Å². The SMILES string of the molecule is C=C[C@H]1C(=O)N2[C@H]3[C@@H]1N(c1ccc(OC)cc1)C(=O)[C@H]3C[C@H]2C(=O)OC. The average molecular weight is 356 g/mol. The molecule has 3 aliphatic heterocycles. The largest absolute Gasteiger partial charge is 0.497 e. The van der Waals surface area contributed by atoms with Crippen LogP contribution in [0.2, 0.25) is 0 Å². The van der Waals surface area contributed by atoms with Gasteiger partial charge in [0.2, 0.25) is 11.8 Å². The summed E-state index contributed by atoms with van der Waals surface area (Å²) in [6.07, 6.45) is 1.88. The van der Waals surface area contributed by atoms with Crippen molar-refractivity contribution in [1.82, 2.24) is 4.90 Å². The smallest absolute Gasteiger partial charge is 0.328 e. The van der Waals surface area contributed by atoms with E-state index in [0.717, 1.165) is 0 Å². The third-order valence-corrected chi connectivity index (χ3v) is 5.73. The number of benzene rings is 1. The van der Waals surface area contributed by atoms with Crippen LogP contribution in [0.4, 0.5) is 5.69 Å². The summed E-state index contributed by atoms with van der Waals surface area (Å²) in [4.78, 5) is 41.4. The predicted molar refractivity (Wildman–Crippen MR) is 92.5 cm³/mol. The van der Waals surface area contributed by atoms with Crippen molar-refractivity contribution in [2.24, 2.45) is 11.8 Å². The van der Waals surface area contributed by atoms with E-state index in [9.17, 15) is 14.4 Å². The van der Waals surface area contributed by atoms with Gasteiger partial charge in [-0.25, -0.2) is 4.79 Å². The Morgan fingerprint density at radius 1 is 1.15 bits per heavy atom. The van der Waals surface area contributed by atoms with Crippen LogP contribution in [0.15, 0.2) is 36.9 Å². The molecule has 3 heterocycles. The molecule has 7 heteroatoms. The fourth-order valence-corrected chi connectivity index (χ4v) is 4.64. The van der Waals surface area contributed by atoms with Crippen molar-refractivity contribution in [3.05, 3.63) is 36.9 Å². The number of rotatable bonds is 4. The molecular formula is C19H20N2O5. The number of nitrogens with zero attached hydrogens (tertiary/aromatic N) is 2. The monoisotopic (exact) mass is 356 g/mol. The van der Waals surface area contributed by atoms with Gasteiger partial charge in [-0.2, -0.15) is 0 Å². The Bertz CT molecular complexity index is 790. The van der Waals surface area contributed by atoms with Crippen molar-refractivity contribution in [3.8, 4) is 5.75 Å². The average Bonchev–Trinajstić information content (AvgIpc) is 3.27. The second kappa shape index (κ2) is 5.86. The molecule has 0 radical (unpaired) electrons. The van der Waals surface area contributed by atoms with Gasteiger partial charge < -0.3 is 19.3 Å². The molecule has 0 spiro atoms. The first-order valence-corrected chi connectivity index (χ1v) is 8.53. The molecule has 3 aliphatic rings. The van der Waals surface area contributed by atoms with E-state index in [0.29, 0.717) is 17.9 Å². The molecule has 5 atom stereocenters. The van der Waals surface area contributed by atoms with Crippen LogP contribution in [0.3, 0.4) is 0 Å². The van der Waals surface area contributed by atoms with Gasteiger partial charge in [0.15, 0.2) is 0 Å². The zero-order valence-electron chi connectivity index (χ0n) is 14.6. The Hall–Kier alpha value is -2.83. The molecule has 0 bridgehead atoms. The minimum absolute atomic E-state index is 0.0686. The Labute approximate surface area is 151 Å². The number of anilines is 1. The van der Waals surface area contributed by atoms with E-state index >= 15 is 0 Å². The second-order valence-electron chi connectivity index (χ2n) is 6.78. The van der Waals surface area contributed by atoms with E-state index in [1.54, 1.807) is 35.1 Å². The molecule has 0 N–H and O–H groups in total. The summed E-state index contributed by atoms with van der Waals surface area (Å²) in [5.74, 6) is -0.959. The van der Waals surface area contributed by atoms with Crippen molar-refractivity contribution in [2.75, 3.05) is 19.1 Å². The van der Waals surface area contributed by atoms with Crippen molar-refractivity contribution in [3.63, 3.8) is 0 Å². The maximum Gasteiger partial charge on any atom is 0.328 e. The highest BCUT2D eigenvalue weighted by atomic mass is 16.5. The van der Waals surface area contributed by atoms with Crippen molar-refractivity contribution in [1.29, 1.82) is 0 Å². The molecule has 3 fully saturated rings. The normalized spacial score (nSPS) is 32.0. The molecule has 1 aromatic carbocycles. The number of carbonyl (C=O) groups excluding carboxylic acids is 3. The molecule has 136 valence electrons. The number of carbonyl (C=O) groups is 3. The zero-order valence-corrected chi connectivity index (χ0v) is 14.6. The second-order valence-corrected chi connectivity index (χ2v) is 6.78. The quantitative estimate of drug-likeness (QED) is 0.594. The van der Waals surface area contributed by atoms with E-state index in [2.05, 4.69) is 6.58 Å². The highest BCUT2D eigenvalue weighted by molar-refractivity contribution is 6.05. The van der Waals surface area contributed by atoms with Crippen molar-refractivity contribution < 1.29 is 23.9 Å². The van der Waals surface area contributed by atoms with Gasteiger partial charge in [0, 0.05) is 5.69 Å². The van der Waals surface area contributed by atoms with E-state index in [-0.39, 0.29) is 23.9 Å². The van der Waals surface area contributed by atoms with E-state index < -0.39 is 23.8 Å². The molecule has 0 aliphatic carbocycles. The summed E-state index contributed by atoms with van der Waals surface area (Å²) < 4.78 is 10.0. The number of ether oxygens (including phenoxy) is 2. The molecule has 7 nitrogen and oxygen atoms in total. The van der Waals surface area contributed by atoms with E-state index in [1.165, 1.54) is 7.11 Å². The first-order valence-electron chi connectivity index (χ1n) is 8.53. The Morgan fingerprint density at radius 2 is 1.85 bits per heavy atom. The van der Waals surface area contributed by atoms with Crippen LogP contribution in [0.5, 0.6) is 5.75 Å². The van der Waals surface area contributed by atoms with Crippen LogP contribution < -0.4 is 9.64 Å². The summed E-state index contributed by atoms with van der Waals surface area (Å²) in [6, 6.07) is 5.80. The van der Waals surface area contributed by atoms with Gasteiger partial charge in [0.25, 0.3) is 0 Å². The third-order valence-electron chi connectivity index (χ3n) is 5.73. The number of methoxy groups -OCH3 is 2. The minimum atomic E-state index is -0.697. The maximum atomic E-state index is 13.1. The summed E-state index contributed by atoms with van der Waals surface area (Å²) in [5, 5.41) is 0. The van der Waals surface area contributed by atoms with Gasteiger partial charge in [-0.05, 0) is 30.7 Å². The molecular weight excluding hydrogens is 336 g/mol. The molecule has 3 saturated heterocycles. The molecule has 1 aromatic rings. The number of hydrogen-bond donors (Lipinski definition) is 0. The van der Waals surface area contributed by atoms with Gasteiger partial charge >= 0.3 is 5.97 Å². The molecule has 0 aromatic heterocycles. The van der Waals surface area contributed by atoms with E-state index in [4.69, 9.17) is 9.47 Å². The lowest BCUT2D eigenvalue weighted by molar-refractivity contribution is -0.150. The van der Waals surface area contributed by atoms with Crippen LogP contribution in [-0.2, 0) is 19.1 Å². The number of esters is 1. The summed E-state index contributed by atoms with van der Waals surface area (Å²) in [5.41, 5.74) is 0.714. The van der Waals surface area contributed by atoms with Crippen LogP contribution in [-0.4, -0.2) is 55.0 Å². The van der Waals surface area contributed by atoms with Crippen LogP contribution in [0.1, 0.15) is 6.42 Å². The van der Waals surface area contributed by atoms with Gasteiger partial charge in [-0.1, -0.05) is 6.08 Å². The van der Waals surface area contributed by atoms with Crippen LogP contribution in [0, 0.1) is 11.8 Å². The zero-order chi connectivity index (χ0) is 18.6. The fourth-order valence-electron chi connectivity index (χ4n) is 4.64. The Morgan fingerprint density at radius 3 is 2.42 bits per heavy atom. The molecule has 0 unspecified atom stereocenters. The predicted octanol–water partition coefficient (Wildman–Crippen LogP) is 0.985. The van der Waals surface area contributed by atoms with Gasteiger partial charge in [-0.15, -0.1) is 6.58 Å². The third kappa shape index (κ3) is 2.03. The molecule has 26 heavy (non-hydrogen) atoms. The summed E-state index contributed by atoms with van der Waals surface area (Å²) in [6.45, 7) is 3.79. The van der Waals surface area contributed by atoms with E-state index in [1.807, 2.05) is 12.1 Å². The Kier molecular flexibility index (Phi) is 3.75. The van der Waals surface area contributed by atoms with Crippen molar-refractivity contribution >= 4 is 23.5 Å². The number of amides is 2. The molecule has 4 rings (SSSR count). The molecule has 0 saturated carbocycles. The lowest BCUT2D eigenvalue weighted by Crippen LogP contribution is -2.43. The highest BCUT2D eigenvalue weighted by Gasteiger charge is 2.67. The first-order chi connectivity index (χ1) is 12.5. The molecule has 2 amide bonds. The lowest BCUT2D eigenvalue weighted by Gasteiger charge is -2.27. The Balaban J connectivity index is 1.75. The summed E-state index contributed by atoms with van der Waals surface area (Å²) >= 11 is 0. The summed E-state index contributed by atoms with van der Waals surface area (Å²) in [7, 11) is 2.87. The van der Waals surface area contributed by atoms with Gasteiger partial charge in [-0.3, -0.25) is 9.59 Å². The topological polar surface area (TPSA) is 76.2 Å². The fraction of sp³-hybridized carbons (Fsp3) is 0.421. The first kappa shape index (κ1) is 16.6. The highest BCUT2D eigenvalue weighted by Crippen LogP contribution is 2.50. The minimum Gasteiger partial charge on any atom is -0.497 e. The van der Waals surface area contributed by atoms with Crippen molar-refractivity contribution in [2.45, 2.75) is 24.5 Å². The standard InChI is InChI=1S/C19H20N2O5/c1-4-12-15-16-13(9-14(19(24)26-3)21(16)17(12)22)18(23)20(15)10-5-7-11(25-2)8-6-10/h4-8,12-16H,1,9H2,2-3H3/t12-,13+,14+,15-,16-/m1/s1. The van der Waals surface area contributed by atoms with Gasteiger partial charge in [0.05, 0.1) is 38.1 Å². The van der Waals surface area contributed by atoms with Crippen LogP contribution >= 0.6 is 0 Å².